The summed E-state index contributed by atoms with van der Waals surface area (Å²) in [5.41, 5.74) is 0. The van der Waals surface area contributed by atoms with Crippen LogP contribution in [0.3, 0.4) is 0 Å². The van der Waals surface area contributed by atoms with E-state index in [1.54, 1.807) is 6.20 Å². The highest BCUT2D eigenvalue weighted by Crippen LogP contribution is 2.37. The molecule has 1 aromatic rings. The summed E-state index contributed by atoms with van der Waals surface area (Å²) >= 11 is 0. The number of hydrogen-bond acceptors (Lipinski definition) is 3. The van der Waals surface area contributed by atoms with Gasteiger partial charge < -0.3 is 14.8 Å². The lowest BCUT2D eigenvalue weighted by Gasteiger charge is -2.17. The van der Waals surface area contributed by atoms with Gasteiger partial charge >= 0.3 is 0 Å². The molecule has 0 spiro atoms. The van der Waals surface area contributed by atoms with Crippen LogP contribution < -0.4 is 0 Å². The Morgan fingerprint density at radius 2 is 2.29 bits per heavy atom. The maximum absolute atomic E-state index is 9.87. The van der Waals surface area contributed by atoms with Crippen molar-refractivity contribution >= 4 is 0 Å². The third-order valence-corrected chi connectivity index (χ3v) is 2.78. The van der Waals surface area contributed by atoms with Crippen LogP contribution in [-0.2, 0) is 6.54 Å². The van der Waals surface area contributed by atoms with Crippen molar-refractivity contribution in [1.29, 1.82) is 0 Å². The Bertz CT molecular complexity index is 307. The summed E-state index contributed by atoms with van der Waals surface area (Å²) in [6, 6.07) is 0. The first-order valence-corrected chi connectivity index (χ1v) is 5.11. The summed E-state index contributed by atoms with van der Waals surface area (Å²) in [5.74, 6) is 0.846. The van der Waals surface area contributed by atoms with E-state index in [-0.39, 0.29) is 5.92 Å². The molecular weight excluding hydrogens is 180 g/mol. The van der Waals surface area contributed by atoms with Crippen LogP contribution in [0.25, 0.3) is 0 Å². The highest BCUT2D eigenvalue weighted by atomic mass is 16.3. The van der Waals surface area contributed by atoms with E-state index in [1.807, 2.05) is 17.7 Å². The van der Waals surface area contributed by atoms with Gasteiger partial charge in [-0.15, -0.1) is 0 Å². The van der Waals surface area contributed by atoms with Gasteiger partial charge in [-0.2, -0.15) is 0 Å². The molecule has 1 aliphatic rings. The van der Waals surface area contributed by atoms with E-state index in [4.69, 9.17) is 0 Å². The van der Waals surface area contributed by atoms with E-state index >= 15 is 0 Å². The van der Waals surface area contributed by atoms with Crippen LogP contribution in [0.2, 0.25) is 0 Å². The van der Waals surface area contributed by atoms with E-state index in [1.165, 1.54) is 0 Å². The number of imidazole rings is 1. The highest BCUT2D eigenvalue weighted by molar-refractivity contribution is 5.01. The fourth-order valence-corrected chi connectivity index (χ4v) is 1.70. The molecule has 2 N–H and O–H groups in total. The van der Waals surface area contributed by atoms with Crippen LogP contribution in [0.4, 0.5) is 0 Å². The molecule has 2 rings (SSSR count). The molecule has 14 heavy (non-hydrogen) atoms. The fourth-order valence-electron chi connectivity index (χ4n) is 1.70. The first-order valence-electron chi connectivity index (χ1n) is 5.11. The van der Waals surface area contributed by atoms with E-state index in [0.717, 1.165) is 19.4 Å². The normalized spacial score (nSPS) is 20.8. The molecule has 1 heterocycles. The van der Waals surface area contributed by atoms with Gasteiger partial charge in [-0.05, 0) is 25.7 Å². The number of aromatic nitrogens is 2. The van der Waals surface area contributed by atoms with Gasteiger partial charge in [-0.25, -0.2) is 4.98 Å². The van der Waals surface area contributed by atoms with Crippen molar-refractivity contribution in [3.05, 3.63) is 18.2 Å². The number of nitrogens with zero attached hydrogens (tertiary/aromatic N) is 2. The lowest BCUT2D eigenvalue weighted by Crippen LogP contribution is -2.23. The van der Waals surface area contributed by atoms with E-state index < -0.39 is 12.2 Å². The smallest absolute Gasteiger partial charge is 0.140 e. The fraction of sp³-hybridized carbons (Fsp3) is 0.700. The monoisotopic (exact) mass is 196 g/mol. The molecule has 2 unspecified atom stereocenters. The molecular formula is C10H16N2O2. The minimum atomic E-state index is -0.836. The number of aliphatic hydroxyl groups excluding tert-OH is 2. The van der Waals surface area contributed by atoms with Gasteiger partial charge in [-0.1, -0.05) is 0 Å². The molecule has 0 aromatic carbocycles. The topological polar surface area (TPSA) is 58.3 Å². The van der Waals surface area contributed by atoms with Gasteiger partial charge in [-0.3, -0.25) is 0 Å². The van der Waals surface area contributed by atoms with E-state index in [0.29, 0.717) is 5.82 Å². The molecule has 2 atom stereocenters. The SMILES string of the molecule is CCn1ccnc1C(O)C(O)C1CC1. The minimum Gasteiger partial charge on any atom is -0.390 e. The lowest BCUT2D eigenvalue weighted by atomic mass is 10.1. The molecule has 0 saturated heterocycles. The Labute approximate surface area is 83.2 Å². The third kappa shape index (κ3) is 1.67. The van der Waals surface area contributed by atoms with Crippen LogP contribution in [-0.4, -0.2) is 25.9 Å². The minimum absolute atomic E-state index is 0.270. The third-order valence-electron chi connectivity index (χ3n) is 2.78. The van der Waals surface area contributed by atoms with Crippen LogP contribution in [0.5, 0.6) is 0 Å². The standard InChI is InChI=1S/C10H16N2O2/c1-2-12-6-5-11-10(12)9(14)8(13)7-3-4-7/h5-9,13-14H,2-4H2,1H3. The zero-order valence-corrected chi connectivity index (χ0v) is 8.30. The molecule has 4 nitrogen and oxygen atoms in total. The molecule has 1 aromatic heterocycles. The lowest BCUT2D eigenvalue weighted by molar-refractivity contribution is -0.00204. The van der Waals surface area contributed by atoms with Crippen molar-refractivity contribution in [2.45, 2.75) is 38.5 Å². The van der Waals surface area contributed by atoms with Crippen molar-refractivity contribution in [3.63, 3.8) is 0 Å². The largest absolute Gasteiger partial charge is 0.390 e. The quantitative estimate of drug-likeness (QED) is 0.745. The van der Waals surface area contributed by atoms with Crippen molar-refractivity contribution in [1.82, 2.24) is 9.55 Å². The molecule has 0 radical (unpaired) electrons. The number of rotatable bonds is 4. The first kappa shape index (κ1) is 9.68. The number of aryl methyl sites for hydroxylation is 1. The zero-order chi connectivity index (χ0) is 10.1. The predicted molar refractivity (Wildman–Crippen MR) is 51.6 cm³/mol. The van der Waals surface area contributed by atoms with Crippen LogP contribution in [0, 0.1) is 5.92 Å². The summed E-state index contributed by atoms with van der Waals surface area (Å²) in [7, 11) is 0. The Kier molecular flexibility index (Phi) is 2.56. The summed E-state index contributed by atoms with van der Waals surface area (Å²) < 4.78 is 1.86. The van der Waals surface area contributed by atoms with Gasteiger partial charge in [0.05, 0.1) is 6.10 Å². The second kappa shape index (κ2) is 3.71. The first-order chi connectivity index (χ1) is 6.74. The molecule has 1 aliphatic carbocycles. The number of aliphatic hydroxyl groups is 2. The Balaban J connectivity index is 2.12. The Hall–Kier alpha value is -0.870. The second-order valence-electron chi connectivity index (χ2n) is 3.84. The average molecular weight is 196 g/mol. The van der Waals surface area contributed by atoms with Gasteiger partial charge in [0, 0.05) is 18.9 Å². The van der Waals surface area contributed by atoms with Crippen LogP contribution >= 0.6 is 0 Å². The van der Waals surface area contributed by atoms with Gasteiger partial charge in [0.2, 0.25) is 0 Å². The van der Waals surface area contributed by atoms with Crippen LogP contribution in [0.1, 0.15) is 31.7 Å². The molecule has 78 valence electrons. The van der Waals surface area contributed by atoms with E-state index in [2.05, 4.69) is 4.98 Å². The van der Waals surface area contributed by atoms with Crippen molar-refractivity contribution < 1.29 is 10.2 Å². The molecule has 4 heteroatoms. The van der Waals surface area contributed by atoms with Gasteiger partial charge in [0.1, 0.15) is 11.9 Å². The summed E-state index contributed by atoms with van der Waals surface area (Å²) in [5, 5.41) is 19.6. The summed E-state index contributed by atoms with van der Waals surface area (Å²) in [6.07, 6.45) is 4.02. The summed E-state index contributed by atoms with van der Waals surface area (Å²) in [6.45, 7) is 2.76. The number of hydrogen-bond donors (Lipinski definition) is 2. The molecule has 0 aliphatic heterocycles. The maximum Gasteiger partial charge on any atom is 0.140 e. The van der Waals surface area contributed by atoms with Crippen molar-refractivity contribution in [2.75, 3.05) is 0 Å². The second-order valence-corrected chi connectivity index (χ2v) is 3.84. The van der Waals surface area contributed by atoms with Gasteiger partial charge in [0.15, 0.2) is 0 Å². The highest BCUT2D eigenvalue weighted by Gasteiger charge is 2.36. The van der Waals surface area contributed by atoms with Crippen molar-refractivity contribution in [2.24, 2.45) is 5.92 Å². The van der Waals surface area contributed by atoms with Gasteiger partial charge in [0.25, 0.3) is 0 Å². The van der Waals surface area contributed by atoms with Crippen LogP contribution in [0.15, 0.2) is 12.4 Å². The predicted octanol–water partition coefficient (Wildman–Crippen LogP) is 0.707. The molecule has 0 amide bonds. The maximum atomic E-state index is 9.87. The molecule has 1 saturated carbocycles. The molecule has 0 bridgehead atoms. The Morgan fingerprint density at radius 3 is 2.86 bits per heavy atom. The zero-order valence-electron chi connectivity index (χ0n) is 8.30. The van der Waals surface area contributed by atoms with E-state index in [9.17, 15) is 10.2 Å². The summed E-state index contributed by atoms with van der Waals surface area (Å²) in [4.78, 5) is 4.07. The Morgan fingerprint density at radius 1 is 1.57 bits per heavy atom. The molecule has 1 fully saturated rings. The van der Waals surface area contributed by atoms with Crippen molar-refractivity contribution in [3.8, 4) is 0 Å². The average Bonchev–Trinajstić information content (AvgIpc) is 2.94.